The van der Waals surface area contributed by atoms with Crippen molar-refractivity contribution in [3.63, 3.8) is 0 Å². The summed E-state index contributed by atoms with van der Waals surface area (Å²) in [5.41, 5.74) is 1.15. The quantitative estimate of drug-likeness (QED) is 0.835. The Morgan fingerprint density at radius 1 is 1.64 bits per heavy atom. The van der Waals surface area contributed by atoms with Crippen LogP contribution in [0.3, 0.4) is 0 Å². The van der Waals surface area contributed by atoms with Crippen LogP contribution in [-0.2, 0) is 0 Å². The van der Waals surface area contributed by atoms with Crippen molar-refractivity contribution in [3.05, 3.63) is 11.1 Å². The van der Waals surface area contributed by atoms with Crippen molar-refractivity contribution in [1.82, 2.24) is 10.3 Å². The van der Waals surface area contributed by atoms with Gasteiger partial charge in [0.05, 0.1) is 18.3 Å². The van der Waals surface area contributed by atoms with Gasteiger partial charge in [-0.2, -0.15) is 0 Å². The van der Waals surface area contributed by atoms with E-state index in [4.69, 9.17) is 4.74 Å². The predicted octanol–water partition coefficient (Wildman–Crippen LogP) is 2.36. The number of aromatic nitrogens is 1. The molecule has 1 fully saturated rings. The van der Waals surface area contributed by atoms with E-state index in [0.29, 0.717) is 12.6 Å². The first kappa shape index (κ1) is 9.93. The zero-order chi connectivity index (χ0) is 9.80. The highest BCUT2D eigenvalue weighted by Gasteiger charge is 2.17. The maximum absolute atomic E-state index is 5.36. The second-order valence-corrected chi connectivity index (χ2v) is 4.29. The summed E-state index contributed by atoms with van der Waals surface area (Å²) in [4.78, 5) is 4.46. The third-order valence-corrected chi connectivity index (χ3v) is 3.21. The SMILES string of the molecule is CCOc1nc(C2CCCCN2)cs1. The number of nitrogens with zero attached hydrogens (tertiary/aromatic N) is 1. The van der Waals surface area contributed by atoms with E-state index in [-0.39, 0.29) is 0 Å². The van der Waals surface area contributed by atoms with Crippen LogP contribution in [0.4, 0.5) is 0 Å². The van der Waals surface area contributed by atoms with E-state index in [9.17, 15) is 0 Å². The molecule has 1 unspecified atom stereocenters. The monoisotopic (exact) mass is 212 g/mol. The Balaban J connectivity index is 2.00. The Morgan fingerprint density at radius 2 is 2.57 bits per heavy atom. The summed E-state index contributed by atoms with van der Waals surface area (Å²) >= 11 is 1.59. The van der Waals surface area contributed by atoms with Crippen LogP contribution in [0.15, 0.2) is 5.38 Å². The van der Waals surface area contributed by atoms with Crippen LogP contribution in [0, 0.1) is 0 Å². The van der Waals surface area contributed by atoms with Gasteiger partial charge in [-0.15, -0.1) is 0 Å². The molecular weight excluding hydrogens is 196 g/mol. The molecule has 0 aromatic carbocycles. The van der Waals surface area contributed by atoms with Crippen LogP contribution < -0.4 is 10.1 Å². The van der Waals surface area contributed by atoms with Gasteiger partial charge < -0.3 is 10.1 Å². The third kappa shape index (κ3) is 2.25. The van der Waals surface area contributed by atoms with Crippen molar-refractivity contribution in [3.8, 4) is 5.19 Å². The van der Waals surface area contributed by atoms with E-state index in [0.717, 1.165) is 17.4 Å². The number of ether oxygens (including phenoxy) is 1. The van der Waals surface area contributed by atoms with Crippen molar-refractivity contribution < 1.29 is 4.74 Å². The van der Waals surface area contributed by atoms with Gasteiger partial charge in [-0.25, -0.2) is 4.98 Å². The van der Waals surface area contributed by atoms with Gasteiger partial charge in [-0.3, -0.25) is 0 Å². The largest absolute Gasteiger partial charge is 0.470 e. The first-order valence-electron chi connectivity index (χ1n) is 5.21. The molecule has 1 aromatic heterocycles. The van der Waals surface area contributed by atoms with Crippen LogP contribution in [-0.4, -0.2) is 18.1 Å². The average Bonchev–Trinajstić information content (AvgIpc) is 2.68. The number of piperidine rings is 1. The van der Waals surface area contributed by atoms with Gasteiger partial charge >= 0.3 is 0 Å². The normalized spacial score (nSPS) is 22.2. The van der Waals surface area contributed by atoms with Crippen molar-refractivity contribution >= 4 is 11.3 Å². The summed E-state index contributed by atoms with van der Waals surface area (Å²) in [6.45, 7) is 3.80. The lowest BCUT2D eigenvalue weighted by Crippen LogP contribution is -2.26. The molecule has 1 aliphatic rings. The molecule has 0 saturated carbocycles. The minimum absolute atomic E-state index is 0.453. The van der Waals surface area contributed by atoms with Crippen molar-refractivity contribution in [1.29, 1.82) is 0 Å². The number of hydrogen-bond donors (Lipinski definition) is 1. The van der Waals surface area contributed by atoms with E-state index in [2.05, 4.69) is 15.7 Å². The summed E-state index contributed by atoms with van der Waals surface area (Å²) in [6, 6.07) is 0.453. The molecule has 1 saturated heterocycles. The van der Waals surface area contributed by atoms with Crippen molar-refractivity contribution in [2.24, 2.45) is 0 Å². The fourth-order valence-corrected chi connectivity index (χ4v) is 2.51. The lowest BCUT2D eigenvalue weighted by Gasteiger charge is -2.21. The Kier molecular flexibility index (Phi) is 3.37. The minimum atomic E-state index is 0.453. The van der Waals surface area contributed by atoms with Gasteiger partial charge in [0.1, 0.15) is 0 Å². The minimum Gasteiger partial charge on any atom is -0.470 e. The maximum atomic E-state index is 5.36. The standard InChI is InChI=1S/C10H16N2OS/c1-2-13-10-12-9(7-14-10)8-5-3-4-6-11-8/h7-8,11H,2-6H2,1H3. The smallest absolute Gasteiger partial charge is 0.273 e. The highest BCUT2D eigenvalue weighted by molar-refractivity contribution is 7.11. The van der Waals surface area contributed by atoms with Crippen LogP contribution in [0.5, 0.6) is 5.19 Å². The van der Waals surface area contributed by atoms with Crippen molar-refractivity contribution in [2.75, 3.05) is 13.2 Å². The molecule has 2 rings (SSSR count). The van der Waals surface area contributed by atoms with Crippen LogP contribution >= 0.6 is 11.3 Å². The van der Waals surface area contributed by atoms with Crippen LogP contribution in [0.25, 0.3) is 0 Å². The molecule has 0 radical (unpaired) electrons. The van der Waals surface area contributed by atoms with E-state index < -0.39 is 0 Å². The zero-order valence-corrected chi connectivity index (χ0v) is 9.27. The Labute approximate surface area is 88.5 Å². The molecule has 2 heterocycles. The fraction of sp³-hybridized carbons (Fsp3) is 0.700. The topological polar surface area (TPSA) is 34.1 Å². The first-order valence-corrected chi connectivity index (χ1v) is 6.09. The van der Waals surface area contributed by atoms with Gasteiger partial charge in [0, 0.05) is 5.38 Å². The molecule has 1 atom stereocenters. The maximum Gasteiger partial charge on any atom is 0.273 e. The molecule has 0 spiro atoms. The van der Waals surface area contributed by atoms with Gasteiger partial charge in [0.15, 0.2) is 0 Å². The highest BCUT2D eigenvalue weighted by atomic mass is 32.1. The lowest BCUT2D eigenvalue weighted by atomic mass is 10.0. The molecule has 1 N–H and O–H groups in total. The fourth-order valence-electron chi connectivity index (χ4n) is 1.72. The molecule has 1 aromatic rings. The summed E-state index contributed by atoms with van der Waals surface area (Å²) in [6.07, 6.45) is 3.80. The van der Waals surface area contributed by atoms with Gasteiger partial charge in [0.25, 0.3) is 5.19 Å². The van der Waals surface area contributed by atoms with Crippen LogP contribution in [0.1, 0.15) is 37.9 Å². The second-order valence-electron chi connectivity index (χ2n) is 3.47. The first-order chi connectivity index (χ1) is 6.90. The van der Waals surface area contributed by atoms with Crippen LogP contribution in [0.2, 0.25) is 0 Å². The third-order valence-electron chi connectivity index (χ3n) is 2.44. The second kappa shape index (κ2) is 4.75. The Hall–Kier alpha value is -0.610. The molecule has 78 valence electrons. The number of hydrogen-bond acceptors (Lipinski definition) is 4. The molecule has 3 nitrogen and oxygen atoms in total. The summed E-state index contributed by atoms with van der Waals surface area (Å²) in [7, 11) is 0. The molecule has 0 amide bonds. The summed E-state index contributed by atoms with van der Waals surface area (Å²) < 4.78 is 5.36. The molecule has 14 heavy (non-hydrogen) atoms. The summed E-state index contributed by atoms with van der Waals surface area (Å²) in [5.74, 6) is 0. The summed E-state index contributed by atoms with van der Waals surface area (Å²) in [5, 5.41) is 6.39. The zero-order valence-electron chi connectivity index (χ0n) is 8.45. The van der Waals surface area contributed by atoms with E-state index in [1.54, 1.807) is 11.3 Å². The molecule has 0 aliphatic carbocycles. The van der Waals surface area contributed by atoms with Gasteiger partial charge in [0.2, 0.25) is 0 Å². The highest BCUT2D eigenvalue weighted by Crippen LogP contribution is 2.27. The molecule has 1 aliphatic heterocycles. The predicted molar refractivity (Wildman–Crippen MR) is 57.9 cm³/mol. The van der Waals surface area contributed by atoms with Gasteiger partial charge in [-0.05, 0) is 26.3 Å². The average molecular weight is 212 g/mol. The Morgan fingerprint density at radius 3 is 3.29 bits per heavy atom. The van der Waals surface area contributed by atoms with E-state index >= 15 is 0 Å². The molecule has 0 bridgehead atoms. The molecular formula is C10H16N2OS. The number of rotatable bonds is 3. The van der Waals surface area contributed by atoms with E-state index in [1.165, 1.54) is 19.3 Å². The number of thiazole rings is 1. The number of nitrogens with one attached hydrogen (secondary N) is 1. The van der Waals surface area contributed by atoms with E-state index in [1.807, 2.05) is 6.92 Å². The van der Waals surface area contributed by atoms with Gasteiger partial charge in [-0.1, -0.05) is 17.8 Å². The Bertz CT molecular complexity index is 281. The van der Waals surface area contributed by atoms with Crippen molar-refractivity contribution in [2.45, 2.75) is 32.2 Å². The lowest BCUT2D eigenvalue weighted by molar-refractivity contribution is 0.334. The molecule has 4 heteroatoms.